The fourth-order valence-corrected chi connectivity index (χ4v) is 4.51. The summed E-state index contributed by atoms with van der Waals surface area (Å²) in [5.74, 6) is -1.01. The Labute approximate surface area is 160 Å². The van der Waals surface area contributed by atoms with Gasteiger partial charge in [-0.3, -0.25) is 9.52 Å². The van der Waals surface area contributed by atoms with Gasteiger partial charge in [0.15, 0.2) is 6.10 Å². The summed E-state index contributed by atoms with van der Waals surface area (Å²) in [4.78, 5) is 25.1. The van der Waals surface area contributed by atoms with E-state index in [9.17, 15) is 18.0 Å². The Bertz CT molecular complexity index is 907. The van der Waals surface area contributed by atoms with Crippen LogP contribution in [0.1, 0.15) is 17.3 Å². The Hall–Kier alpha value is -2.10. The molecule has 1 aromatic carbocycles. The lowest BCUT2D eigenvalue weighted by molar-refractivity contribution is -0.137. The van der Waals surface area contributed by atoms with Crippen LogP contribution in [0.4, 0.5) is 5.69 Å². The monoisotopic (exact) mass is 416 g/mol. The molecule has 26 heavy (non-hydrogen) atoms. The Balaban J connectivity index is 2.06. The molecule has 140 valence electrons. The number of nitrogens with one attached hydrogen (secondary N) is 1. The normalized spacial score (nSPS) is 12.3. The van der Waals surface area contributed by atoms with Crippen LogP contribution in [0.15, 0.2) is 40.6 Å². The van der Waals surface area contributed by atoms with Crippen LogP contribution in [0.2, 0.25) is 4.34 Å². The Morgan fingerprint density at radius 2 is 1.77 bits per heavy atom. The molecule has 2 rings (SSSR count). The highest BCUT2D eigenvalue weighted by Crippen LogP contribution is 2.27. The Morgan fingerprint density at radius 3 is 2.27 bits per heavy atom. The maximum Gasteiger partial charge on any atom is 0.338 e. The van der Waals surface area contributed by atoms with E-state index in [0.717, 1.165) is 11.3 Å². The van der Waals surface area contributed by atoms with Gasteiger partial charge in [0.1, 0.15) is 4.21 Å². The molecule has 1 amide bonds. The van der Waals surface area contributed by atoms with Gasteiger partial charge in [-0.15, -0.1) is 11.3 Å². The zero-order chi connectivity index (χ0) is 19.5. The van der Waals surface area contributed by atoms with E-state index in [-0.39, 0.29) is 21.4 Å². The molecule has 0 fully saturated rings. The van der Waals surface area contributed by atoms with E-state index >= 15 is 0 Å². The summed E-state index contributed by atoms with van der Waals surface area (Å²) in [7, 11) is -0.620. The van der Waals surface area contributed by atoms with E-state index in [0.29, 0.717) is 4.34 Å². The first-order valence-electron chi connectivity index (χ1n) is 7.40. The number of hydrogen-bond donors (Lipinski definition) is 1. The fraction of sp³-hybridized carbons (Fsp3) is 0.250. The molecule has 0 bridgehead atoms. The smallest absolute Gasteiger partial charge is 0.338 e. The number of nitrogens with zero attached hydrogens (tertiary/aromatic N) is 1. The number of benzene rings is 1. The van der Waals surface area contributed by atoms with E-state index in [1.54, 1.807) is 14.1 Å². The van der Waals surface area contributed by atoms with Gasteiger partial charge in [-0.25, -0.2) is 13.2 Å². The van der Waals surface area contributed by atoms with Crippen molar-refractivity contribution in [1.29, 1.82) is 0 Å². The van der Waals surface area contributed by atoms with Gasteiger partial charge in [-0.2, -0.15) is 0 Å². The second-order valence-electron chi connectivity index (χ2n) is 5.52. The van der Waals surface area contributed by atoms with Gasteiger partial charge in [-0.05, 0) is 43.3 Å². The number of rotatable bonds is 6. The maximum absolute atomic E-state index is 12.2. The van der Waals surface area contributed by atoms with E-state index in [4.69, 9.17) is 16.3 Å². The average Bonchev–Trinajstić information content (AvgIpc) is 3.01. The Morgan fingerprint density at radius 1 is 1.15 bits per heavy atom. The van der Waals surface area contributed by atoms with Crippen molar-refractivity contribution in [1.82, 2.24) is 4.90 Å². The molecule has 10 heteroatoms. The number of thiophene rings is 1. The first-order valence-corrected chi connectivity index (χ1v) is 10.1. The van der Waals surface area contributed by atoms with E-state index in [1.165, 1.54) is 48.2 Å². The van der Waals surface area contributed by atoms with Gasteiger partial charge in [0.25, 0.3) is 15.9 Å². The van der Waals surface area contributed by atoms with Crippen molar-refractivity contribution in [3.8, 4) is 0 Å². The van der Waals surface area contributed by atoms with Gasteiger partial charge in [0.05, 0.1) is 9.90 Å². The third kappa shape index (κ3) is 4.96. The molecule has 1 N–H and O–H groups in total. The molecule has 0 aliphatic carbocycles. The number of sulfonamides is 1. The lowest BCUT2D eigenvalue weighted by atomic mass is 10.2. The molecule has 0 spiro atoms. The van der Waals surface area contributed by atoms with Crippen molar-refractivity contribution in [2.45, 2.75) is 17.2 Å². The SMILES string of the molecule is C[C@H](OC(=O)c1ccc(NS(=O)(=O)c2ccc(Cl)s2)cc1)C(=O)N(C)C. The van der Waals surface area contributed by atoms with Crippen LogP contribution in [-0.4, -0.2) is 45.4 Å². The summed E-state index contributed by atoms with van der Waals surface area (Å²) < 4.78 is 32.4. The van der Waals surface area contributed by atoms with Crippen LogP contribution in [0.3, 0.4) is 0 Å². The lowest BCUT2D eigenvalue weighted by Crippen LogP contribution is -2.34. The minimum atomic E-state index is -3.75. The molecule has 1 atom stereocenters. The average molecular weight is 417 g/mol. The predicted octanol–water partition coefficient (Wildman–Crippen LogP) is 2.84. The number of hydrogen-bond acceptors (Lipinski definition) is 6. The van der Waals surface area contributed by atoms with Gasteiger partial charge in [0.2, 0.25) is 0 Å². The topological polar surface area (TPSA) is 92.8 Å². The first-order chi connectivity index (χ1) is 12.1. The summed E-state index contributed by atoms with van der Waals surface area (Å²) in [6.45, 7) is 1.48. The molecule has 0 unspecified atom stereocenters. The second-order valence-corrected chi connectivity index (χ2v) is 9.15. The van der Waals surface area contributed by atoms with Crippen LogP contribution in [0.5, 0.6) is 0 Å². The number of carbonyl (C=O) groups excluding carboxylic acids is 2. The third-order valence-corrected chi connectivity index (χ3v) is 6.36. The van der Waals surface area contributed by atoms with E-state index in [1.807, 2.05) is 0 Å². The molecule has 2 aromatic rings. The van der Waals surface area contributed by atoms with Crippen molar-refractivity contribution >= 4 is 50.5 Å². The summed E-state index contributed by atoms with van der Waals surface area (Å²) in [6.07, 6.45) is -0.917. The van der Waals surface area contributed by atoms with Gasteiger partial charge in [-0.1, -0.05) is 11.6 Å². The largest absolute Gasteiger partial charge is 0.449 e. The Kier molecular flexibility index (Phi) is 6.27. The van der Waals surface area contributed by atoms with Crippen LogP contribution in [-0.2, 0) is 19.6 Å². The highest BCUT2D eigenvalue weighted by Gasteiger charge is 2.21. The van der Waals surface area contributed by atoms with Crippen molar-refractivity contribution in [3.05, 3.63) is 46.3 Å². The number of anilines is 1. The van der Waals surface area contributed by atoms with Crippen molar-refractivity contribution in [2.75, 3.05) is 18.8 Å². The molecular weight excluding hydrogens is 400 g/mol. The molecule has 0 aliphatic rings. The van der Waals surface area contributed by atoms with Gasteiger partial charge >= 0.3 is 5.97 Å². The van der Waals surface area contributed by atoms with Crippen LogP contribution in [0.25, 0.3) is 0 Å². The number of esters is 1. The summed E-state index contributed by atoms with van der Waals surface area (Å²) in [6, 6.07) is 8.59. The number of carbonyl (C=O) groups is 2. The molecule has 0 saturated carbocycles. The number of likely N-dealkylation sites (N-methyl/N-ethyl adjacent to an activating group) is 1. The third-order valence-electron chi connectivity index (χ3n) is 3.26. The zero-order valence-electron chi connectivity index (χ0n) is 14.2. The molecular formula is C16H17ClN2O5S2. The number of amides is 1. The summed E-state index contributed by atoms with van der Waals surface area (Å²) in [5.41, 5.74) is 0.481. The maximum atomic E-state index is 12.2. The minimum Gasteiger partial charge on any atom is -0.449 e. The van der Waals surface area contributed by atoms with Crippen LogP contribution in [0, 0.1) is 0 Å². The first kappa shape index (κ1) is 20.2. The van der Waals surface area contributed by atoms with E-state index in [2.05, 4.69) is 4.72 Å². The summed E-state index contributed by atoms with van der Waals surface area (Å²) in [5, 5.41) is 0. The number of halogens is 1. The predicted molar refractivity (Wildman–Crippen MR) is 100 cm³/mol. The standard InChI is InChI=1S/C16H17ClN2O5S2/c1-10(15(20)19(2)3)24-16(21)11-4-6-12(7-5-11)18-26(22,23)14-9-8-13(17)25-14/h4-10,18H,1-3H3/t10-/m0/s1. The van der Waals surface area contributed by atoms with Gasteiger partial charge < -0.3 is 9.64 Å². The van der Waals surface area contributed by atoms with Crippen LogP contribution < -0.4 is 4.72 Å². The molecule has 0 aliphatic heterocycles. The number of ether oxygens (including phenoxy) is 1. The minimum absolute atomic E-state index is 0.0852. The highest BCUT2D eigenvalue weighted by atomic mass is 35.5. The zero-order valence-corrected chi connectivity index (χ0v) is 16.6. The second kappa shape index (κ2) is 8.07. The summed E-state index contributed by atoms with van der Waals surface area (Å²) >= 11 is 6.69. The van der Waals surface area contributed by atoms with Crippen molar-refractivity contribution < 1.29 is 22.7 Å². The van der Waals surface area contributed by atoms with Gasteiger partial charge in [0, 0.05) is 19.8 Å². The molecule has 0 radical (unpaired) electrons. The molecule has 1 heterocycles. The molecule has 1 aromatic heterocycles. The lowest BCUT2D eigenvalue weighted by Gasteiger charge is -2.17. The van der Waals surface area contributed by atoms with Crippen LogP contribution >= 0.6 is 22.9 Å². The quantitative estimate of drug-likeness (QED) is 0.731. The fourth-order valence-electron chi connectivity index (χ4n) is 1.96. The van der Waals surface area contributed by atoms with E-state index < -0.39 is 22.1 Å². The van der Waals surface area contributed by atoms with Crippen molar-refractivity contribution in [3.63, 3.8) is 0 Å². The van der Waals surface area contributed by atoms with Crippen molar-refractivity contribution in [2.24, 2.45) is 0 Å². The molecule has 0 saturated heterocycles. The highest BCUT2D eigenvalue weighted by molar-refractivity contribution is 7.94. The molecule has 7 nitrogen and oxygen atoms in total.